The first kappa shape index (κ1) is 24.4. The summed E-state index contributed by atoms with van der Waals surface area (Å²) in [5.41, 5.74) is 4.82. The maximum Gasteiger partial charge on any atom is 0.321 e. The summed E-state index contributed by atoms with van der Waals surface area (Å²) in [5.74, 6) is -2.36. The molecule has 178 valence electrons. The number of aromatic amines is 1. The van der Waals surface area contributed by atoms with Crippen molar-refractivity contribution in [1.29, 1.82) is 0 Å². The van der Waals surface area contributed by atoms with Crippen LogP contribution in [0.3, 0.4) is 0 Å². The first-order valence-corrected chi connectivity index (χ1v) is 10.7. The average Bonchev–Trinajstić information content (AvgIpc) is 2.81. The molecule has 0 aliphatic carbocycles. The zero-order valence-electron chi connectivity index (χ0n) is 19.7. The van der Waals surface area contributed by atoms with E-state index in [1.54, 1.807) is 36.4 Å². The number of hydrogen-bond acceptors (Lipinski definition) is 8. The molecule has 0 radical (unpaired) electrons. The number of esters is 1. The third kappa shape index (κ3) is 5.22. The van der Waals surface area contributed by atoms with Gasteiger partial charge in [-0.2, -0.15) is 5.10 Å². The van der Waals surface area contributed by atoms with E-state index in [1.807, 2.05) is 20.8 Å². The lowest BCUT2D eigenvalue weighted by Gasteiger charge is -2.17. The number of amides is 1. The number of hydrogen-bond donors (Lipinski definition) is 3. The summed E-state index contributed by atoms with van der Waals surface area (Å²) >= 11 is 0. The molecule has 3 aromatic rings. The molecule has 1 heterocycles. The van der Waals surface area contributed by atoms with Crippen molar-refractivity contribution in [2.75, 3.05) is 26.1 Å². The molecule has 34 heavy (non-hydrogen) atoms. The standard InChI is InChI=1S/C24H27N5O5/c1-6-34-16-9-7-15(8-10-16)26-23(31)21(29-25-4)19(24(32)33-5)20-22(30)28-18-12-14(3)13(2)11-17(18)27-20/h7-12,19,25H,6H2,1-5H3,(H,26,31)(H,28,30)/b29-21+/t19-/m1/s1. The summed E-state index contributed by atoms with van der Waals surface area (Å²) in [5, 5.41) is 6.69. The van der Waals surface area contributed by atoms with Crippen LogP contribution in [0, 0.1) is 13.8 Å². The van der Waals surface area contributed by atoms with Crippen LogP contribution >= 0.6 is 0 Å². The Kier molecular flexibility index (Phi) is 7.62. The second-order valence-corrected chi connectivity index (χ2v) is 7.49. The van der Waals surface area contributed by atoms with Crippen LogP contribution in [0.15, 0.2) is 46.3 Å². The maximum absolute atomic E-state index is 13.2. The SMILES string of the molecule is CCOc1ccc(NC(=O)/C(=N/NC)[C@H](C(=O)OC)c2nc3cc(C)c(C)cc3[nH]c2=O)cc1. The second-order valence-electron chi connectivity index (χ2n) is 7.49. The van der Waals surface area contributed by atoms with Crippen molar-refractivity contribution in [3.05, 3.63) is 63.6 Å². The number of carbonyl (C=O) groups is 2. The van der Waals surface area contributed by atoms with Crippen molar-refractivity contribution in [3.63, 3.8) is 0 Å². The van der Waals surface area contributed by atoms with Gasteiger partial charge < -0.3 is 25.2 Å². The van der Waals surface area contributed by atoms with E-state index < -0.39 is 23.4 Å². The molecule has 0 bridgehead atoms. The monoisotopic (exact) mass is 465 g/mol. The van der Waals surface area contributed by atoms with E-state index in [1.165, 1.54) is 14.2 Å². The average molecular weight is 466 g/mol. The molecular weight excluding hydrogens is 438 g/mol. The minimum atomic E-state index is -1.46. The zero-order chi connectivity index (χ0) is 24.8. The quantitative estimate of drug-likeness (QED) is 0.264. The minimum absolute atomic E-state index is 0.196. The normalized spacial score (nSPS) is 12.2. The minimum Gasteiger partial charge on any atom is -0.494 e. The fourth-order valence-corrected chi connectivity index (χ4v) is 3.39. The second kappa shape index (κ2) is 10.6. The van der Waals surface area contributed by atoms with Gasteiger partial charge in [-0.1, -0.05) is 0 Å². The summed E-state index contributed by atoms with van der Waals surface area (Å²) in [4.78, 5) is 46.0. The highest BCUT2D eigenvalue weighted by molar-refractivity contribution is 6.47. The summed E-state index contributed by atoms with van der Waals surface area (Å²) in [6, 6.07) is 10.3. The molecule has 0 unspecified atom stereocenters. The van der Waals surface area contributed by atoms with Gasteiger partial charge in [-0.15, -0.1) is 0 Å². The Morgan fingerprint density at radius 2 is 1.82 bits per heavy atom. The van der Waals surface area contributed by atoms with Crippen LogP contribution in [0.5, 0.6) is 5.75 Å². The molecule has 3 N–H and O–H groups in total. The number of benzene rings is 2. The molecule has 1 amide bonds. The molecule has 10 heteroatoms. The van der Waals surface area contributed by atoms with Crippen molar-refractivity contribution >= 4 is 34.3 Å². The molecule has 3 rings (SSSR count). The maximum atomic E-state index is 13.2. The third-order valence-corrected chi connectivity index (χ3v) is 5.21. The predicted molar refractivity (Wildman–Crippen MR) is 129 cm³/mol. The summed E-state index contributed by atoms with van der Waals surface area (Å²) in [6.07, 6.45) is 0. The van der Waals surface area contributed by atoms with Gasteiger partial charge in [-0.25, -0.2) is 4.98 Å². The molecule has 2 aromatic carbocycles. The number of aryl methyl sites for hydroxylation is 2. The smallest absolute Gasteiger partial charge is 0.321 e. The Hall–Kier alpha value is -4.21. The first-order chi connectivity index (χ1) is 16.3. The Labute approximate surface area is 196 Å². The highest BCUT2D eigenvalue weighted by atomic mass is 16.5. The van der Waals surface area contributed by atoms with Gasteiger partial charge in [-0.05, 0) is 68.3 Å². The molecule has 0 aliphatic rings. The van der Waals surface area contributed by atoms with E-state index in [-0.39, 0.29) is 11.4 Å². The number of aromatic nitrogens is 2. The van der Waals surface area contributed by atoms with E-state index in [2.05, 4.69) is 25.8 Å². The Morgan fingerprint density at radius 3 is 2.44 bits per heavy atom. The lowest BCUT2D eigenvalue weighted by molar-refractivity contribution is -0.141. The van der Waals surface area contributed by atoms with E-state index in [0.29, 0.717) is 29.1 Å². The van der Waals surface area contributed by atoms with Crippen molar-refractivity contribution in [1.82, 2.24) is 15.4 Å². The van der Waals surface area contributed by atoms with Gasteiger partial charge in [0.15, 0.2) is 5.92 Å². The molecule has 0 spiro atoms. The van der Waals surface area contributed by atoms with Crippen LogP contribution in [-0.4, -0.2) is 48.3 Å². The number of carbonyl (C=O) groups excluding carboxylic acids is 2. The third-order valence-electron chi connectivity index (χ3n) is 5.21. The molecule has 0 fully saturated rings. The zero-order valence-corrected chi connectivity index (χ0v) is 19.7. The Morgan fingerprint density at radius 1 is 1.15 bits per heavy atom. The molecule has 10 nitrogen and oxygen atoms in total. The summed E-state index contributed by atoms with van der Waals surface area (Å²) in [6.45, 7) is 6.21. The fourth-order valence-electron chi connectivity index (χ4n) is 3.39. The molecular formula is C24H27N5O5. The van der Waals surface area contributed by atoms with Crippen LogP contribution in [-0.2, 0) is 14.3 Å². The number of nitrogens with zero attached hydrogens (tertiary/aromatic N) is 2. The summed E-state index contributed by atoms with van der Waals surface area (Å²) < 4.78 is 10.3. The van der Waals surface area contributed by atoms with Crippen molar-refractivity contribution in [2.24, 2.45) is 5.10 Å². The number of hydrazone groups is 1. The molecule has 0 aliphatic heterocycles. The van der Waals surface area contributed by atoms with Crippen molar-refractivity contribution in [2.45, 2.75) is 26.7 Å². The van der Waals surface area contributed by atoms with Gasteiger partial charge in [0.1, 0.15) is 17.2 Å². The first-order valence-electron chi connectivity index (χ1n) is 10.7. The predicted octanol–water partition coefficient (Wildman–Crippen LogP) is 2.41. The molecule has 1 aromatic heterocycles. The van der Waals surface area contributed by atoms with E-state index in [0.717, 1.165) is 11.1 Å². The van der Waals surface area contributed by atoms with Gasteiger partial charge >= 0.3 is 5.97 Å². The van der Waals surface area contributed by atoms with E-state index >= 15 is 0 Å². The largest absolute Gasteiger partial charge is 0.494 e. The van der Waals surface area contributed by atoms with Gasteiger partial charge in [-0.3, -0.25) is 14.4 Å². The van der Waals surface area contributed by atoms with Crippen molar-refractivity contribution < 1.29 is 19.1 Å². The van der Waals surface area contributed by atoms with Crippen LogP contribution in [0.25, 0.3) is 11.0 Å². The summed E-state index contributed by atoms with van der Waals surface area (Å²) in [7, 11) is 2.64. The van der Waals surface area contributed by atoms with E-state index in [9.17, 15) is 14.4 Å². The van der Waals surface area contributed by atoms with Gasteiger partial charge in [0.2, 0.25) is 0 Å². The molecule has 0 saturated heterocycles. The number of H-pyrrole nitrogens is 1. The van der Waals surface area contributed by atoms with E-state index in [4.69, 9.17) is 9.47 Å². The molecule has 1 atom stereocenters. The van der Waals surface area contributed by atoms with Crippen molar-refractivity contribution in [3.8, 4) is 5.75 Å². The lowest BCUT2D eigenvalue weighted by Crippen LogP contribution is -2.38. The van der Waals surface area contributed by atoms with Crippen LogP contribution in [0.4, 0.5) is 5.69 Å². The number of fused-ring (bicyclic) bond motifs is 1. The van der Waals surface area contributed by atoms with Gasteiger partial charge in [0.05, 0.1) is 24.8 Å². The van der Waals surface area contributed by atoms with Crippen LogP contribution < -0.4 is 21.0 Å². The Balaban J connectivity index is 2.05. The topological polar surface area (TPSA) is 135 Å². The fraction of sp³-hybridized carbons (Fsp3) is 0.292. The van der Waals surface area contributed by atoms with Gasteiger partial charge in [0, 0.05) is 12.7 Å². The number of nitrogens with one attached hydrogen (secondary N) is 3. The number of rotatable bonds is 8. The Bertz CT molecular complexity index is 1300. The molecule has 0 saturated carbocycles. The van der Waals surface area contributed by atoms with Gasteiger partial charge in [0.25, 0.3) is 11.5 Å². The lowest BCUT2D eigenvalue weighted by atomic mass is 9.98. The van der Waals surface area contributed by atoms with Crippen LogP contribution in [0.2, 0.25) is 0 Å². The number of methoxy groups -OCH3 is 1. The highest BCUT2D eigenvalue weighted by Crippen LogP contribution is 2.21. The highest BCUT2D eigenvalue weighted by Gasteiger charge is 2.36. The van der Waals surface area contributed by atoms with Crippen LogP contribution in [0.1, 0.15) is 29.7 Å². The number of ether oxygens (including phenoxy) is 2. The number of anilines is 1.